The van der Waals surface area contributed by atoms with Gasteiger partial charge in [-0.15, -0.1) is 0 Å². The molecular formula is C14H15N3O2. The second-order valence-electron chi connectivity index (χ2n) is 4.80. The first-order valence-electron chi connectivity index (χ1n) is 6.26. The highest BCUT2D eigenvalue weighted by Gasteiger charge is 2.25. The third-order valence-corrected chi connectivity index (χ3v) is 3.23. The molecule has 0 amide bonds. The molecule has 1 aliphatic rings. The van der Waals surface area contributed by atoms with Gasteiger partial charge in [-0.05, 0) is 43.5 Å². The molecular weight excluding hydrogens is 242 g/mol. The average Bonchev–Trinajstić information content (AvgIpc) is 3.21. The maximum atomic E-state index is 12.2. The lowest BCUT2D eigenvalue weighted by atomic mass is 10.2. The topological polar surface area (TPSA) is 70.1 Å². The molecule has 0 unspecified atom stereocenters. The van der Waals surface area contributed by atoms with Crippen LogP contribution in [0.5, 0.6) is 11.6 Å². The zero-order chi connectivity index (χ0) is 13.4. The molecule has 19 heavy (non-hydrogen) atoms. The van der Waals surface area contributed by atoms with Crippen LogP contribution in [-0.2, 0) is 0 Å². The van der Waals surface area contributed by atoms with Gasteiger partial charge in [-0.2, -0.15) is 0 Å². The smallest absolute Gasteiger partial charge is 0.313 e. The van der Waals surface area contributed by atoms with Gasteiger partial charge in [-0.1, -0.05) is 0 Å². The van der Waals surface area contributed by atoms with Gasteiger partial charge < -0.3 is 15.0 Å². The Balaban J connectivity index is 1.92. The van der Waals surface area contributed by atoms with Crippen LogP contribution < -0.4 is 16.0 Å². The van der Waals surface area contributed by atoms with Gasteiger partial charge in [0.05, 0.1) is 0 Å². The van der Waals surface area contributed by atoms with Gasteiger partial charge in [-0.25, -0.2) is 4.98 Å². The van der Waals surface area contributed by atoms with Gasteiger partial charge in [0.25, 0.3) is 5.88 Å². The molecule has 1 fully saturated rings. The number of ether oxygens (including phenoxy) is 1. The summed E-state index contributed by atoms with van der Waals surface area (Å²) < 4.78 is 7.25. The van der Waals surface area contributed by atoms with E-state index in [4.69, 9.17) is 10.5 Å². The molecule has 5 nitrogen and oxygen atoms in total. The van der Waals surface area contributed by atoms with E-state index >= 15 is 0 Å². The van der Waals surface area contributed by atoms with Crippen molar-refractivity contribution in [1.82, 2.24) is 9.55 Å². The van der Waals surface area contributed by atoms with E-state index in [2.05, 4.69) is 4.98 Å². The number of aryl methyl sites for hydroxylation is 1. The van der Waals surface area contributed by atoms with Gasteiger partial charge in [0.15, 0.2) is 0 Å². The molecule has 0 radical (unpaired) electrons. The van der Waals surface area contributed by atoms with Crippen LogP contribution in [0.3, 0.4) is 0 Å². The Morgan fingerprint density at radius 1 is 1.42 bits per heavy atom. The summed E-state index contributed by atoms with van der Waals surface area (Å²) >= 11 is 0. The highest BCUT2D eigenvalue weighted by atomic mass is 16.5. The molecule has 0 aliphatic heterocycles. The second-order valence-corrected chi connectivity index (χ2v) is 4.80. The molecule has 0 atom stereocenters. The van der Waals surface area contributed by atoms with Crippen LogP contribution >= 0.6 is 0 Å². The largest absolute Gasteiger partial charge is 0.435 e. The number of anilines is 1. The Bertz CT molecular complexity index is 675. The summed E-state index contributed by atoms with van der Waals surface area (Å²) in [7, 11) is 0. The van der Waals surface area contributed by atoms with Gasteiger partial charge in [-0.3, -0.25) is 4.79 Å². The van der Waals surface area contributed by atoms with E-state index in [1.54, 1.807) is 35.2 Å². The van der Waals surface area contributed by atoms with Crippen LogP contribution in [0.15, 0.2) is 35.4 Å². The molecule has 5 heteroatoms. The fourth-order valence-corrected chi connectivity index (χ4v) is 1.94. The summed E-state index contributed by atoms with van der Waals surface area (Å²) in [5, 5.41) is 0. The Kier molecular flexibility index (Phi) is 2.74. The first kappa shape index (κ1) is 11.8. The van der Waals surface area contributed by atoms with Gasteiger partial charge in [0.1, 0.15) is 5.75 Å². The molecule has 1 heterocycles. The summed E-state index contributed by atoms with van der Waals surface area (Å²) in [5.41, 5.74) is 7.18. The molecule has 2 aromatic rings. The fraction of sp³-hybridized carbons (Fsp3) is 0.286. The highest BCUT2D eigenvalue weighted by Crippen LogP contribution is 2.33. The molecule has 1 aromatic heterocycles. The zero-order valence-corrected chi connectivity index (χ0v) is 10.7. The Morgan fingerprint density at radius 2 is 2.21 bits per heavy atom. The second kappa shape index (κ2) is 4.42. The summed E-state index contributed by atoms with van der Waals surface area (Å²) in [6.45, 7) is 1.89. The fourth-order valence-electron chi connectivity index (χ4n) is 1.94. The number of benzene rings is 1. The Morgan fingerprint density at radius 3 is 2.89 bits per heavy atom. The van der Waals surface area contributed by atoms with Gasteiger partial charge in [0.2, 0.25) is 0 Å². The normalized spacial score (nSPS) is 14.4. The summed E-state index contributed by atoms with van der Waals surface area (Å²) in [4.78, 5) is 16.2. The molecule has 1 saturated carbocycles. The lowest BCUT2D eigenvalue weighted by Crippen LogP contribution is -2.20. The van der Waals surface area contributed by atoms with E-state index in [9.17, 15) is 4.79 Å². The zero-order valence-electron chi connectivity index (χ0n) is 10.7. The van der Waals surface area contributed by atoms with Crippen molar-refractivity contribution in [3.05, 3.63) is 46.5 Å². The number of nitrogens with zero attached hydrogens (tertiary/aromatic N) is 2. The summed E-state index contributed by atoms with van der Waals surface area (Å²) in [6, 6.07) is 5.60. The molecule has 1 aromatic carbocycles. The standard InChI is InChI=1S/C14H15N3O2/c1-9-8-11(4-5-12(9)15)19-13-14(18)17(7-6-16-13)10-2-3-10/h4-8,10H,2-3,15H2,1H3. The van der Waals surface area contributed by atoms with Crippen molar-refractivity contribution >= 4 is 5.69 Å². The SMILES string of the molecule is Cc1cc(Oc2nccn(C3CC3)c2=O)ccc1N. The molecule has 0 saturated heterocycles. The third kappa shape index (κ3) is 2.31. The van der Waals surface area contributed by atoms with Crippen LogP contribution in [0, 0.1) is 6.92 Å². The minimum absolute atomic E-state index is 0.110. The number of nitrogen functional groups attached to an aromatic ring is 1. The van der Waals surface area contributed by atoms with E-state index < -0.39 is 0 Å². The van der Waals surface area contributed by atoms with Crippen molar-refractivity contribution in [2.75, 3.05) is 5.73 Å². The lowest BCUT2D eigenvalue weighted by molar-refractivity contribution is 0.444. The van der Waals surface area contributed by atoms with E-state index in [0.29, 0.717) is 17.5 Å². The molecule has 2 N–H and O–H groups in total. The maximum absolute atomic E-state index is 12.2. The van der Waals surface area contributed by atoms with E-state index in [-0.39, 0.29) is 11.4 Å². The van der Waals surface area contributed by atoms with Crippen LogP contribution in [0.2, 0.25) is 0 Å². The minimum atomic E-state index is -0.181. The van der Waals surface area contributed by atoms with E-state index in [1.807, 2.05) is 6.92 Å². The summed E-state index contributed by atoms with van der Waals surface area (Å²) in [5.74, 6) is 0.684. The molecule has 1 aliphatic carbocycles. The molecule has 3 rings (SSSR count). The van der Waals surface area contributed by atoms with Gasteiger partial charge >= 0.3 is 5.56 Å². The van der Waals surface area contributed by atoms with Crippen LogP contribution in [0.4, 0.5) is 5.69 Å². The van der Waals surface area contributed by atoms with Crippen molar-refractivity contribution in [2.45, 2.75) is 25.8 Å². The average molecular weight is 257 g/mol. The van der Waals surface area contributed by atoms with Crippen LogP contribution in [-0.4, -0.2) is 9.55 Å². The van der Waals surface area contributed by atoms with Crippen molar-refractivity contribution in [3.8, 4) is 11.6 Å². The first-order valence-corrected chi connectivity index (χ1v) is 6.26. The predicted octanol–water partition coefficient (Wildman–Crippen LogP) is 2.26. The van der Waals surface area contributed by atoms with Gasteiger partial charge in [0, 0.05) is 24.1 Å². The van der Waals surface area contributed by atoms with Crippen molar-refractivity contribution in [2.24, 2.45) is 0 Å². The van der Waals surface area contributed by atoms with Crippen molar-refractivity contribution in [1.29, 1.82) is 0 Å². The van der Waals surface area contributed by atoms with Crippen LogP contribution in [0.1, 0.15) is 24.4 Å². The minimum Gasteiger partial charge on any atom is -0.435 e. The number of rotatable bonds is 3. The molecule has 98 valence electrons. The number of nitrogens with two attached hydrogens (primary N) is 1. The monoisotopic (exact) mass is 257 g/mol. The van der Waals surface area contributed by atoms with E-state index in [0.717, 1.165) is 18.4 Å². The Labute approximate surface area is 110 Å². The predicted molar refractivity (Wildman–Crippen MR) is 72.4 cm³/mol. The first-order chi connectivity index (χ1) is 9.15. The summed E-state index contributed by atoms with van der Waals surface area (Å²) in [6.07, 6.45) is 5.40. The number of aromatic nitrogens is 2. The third-order valence-electron chi connectivity index (χ3n) is 3.23. The Hall–Kier alpha value is -2.30. The molecule has 0 bridgehead atoms. The van der Waals surface area contributed by atoms with E-state index in [1.165, 1.54) is 0 Å². The lowest BCUT2D eigenvalue weighted by Gasteiger charge is -2.08. The van der Waals surface area contributed by atoms with Crippen LogP contribution in [0.25, 0.3) is 0 Å². The number of hydrogen-bond donors (Lipinski definition) is 1. The number of hydrogen-bond acceptors (Lipinski definition) is 4. The molecule has 0 spiro atoms. The maximum Gasteiger partial charge on any atom is 0.313 e. The highest BCUT2D eigenvalue weighted by molar-refractivity contribution is 5.50. The quantitative estimate of drug-likeness (QED) is 0.856. The van der Waals surface area contributed by atoms with Crippen molar-refractivity contribution in [3.63, 3.8) is 0 Å². The van der Waals surface area contributed by atoms with Crippen molar-refractivity contribution < 1.29 is 4.74 Å².